The molecule has 0 fully saturated rings. The number of fused-ring (bicyclic) bond motifs is 1. The summed E-state index contributed by atoms with van der Waals surface area (Å²) in [7, 11) is 0. The standard InChI is InChI=1S/C12H12FNO3/c1-12(2)7-5-3-4-6-8(7)14(11(12)17)9(13)10(15)16/h3-6,9H,1-2H3,(H,15,16). The third-order valence-electron chi connectivity index (χ3n) is 3.02. The highest BCUT2D eigenvalue weighted by Crippen LogP contribution is 2.42. The molecule has 0 bridgehead atoms. The molecule has 0 aliphatic carbocycles. The van der Waals surface area contributed by atoms with E-state index in [4.69, 9.17) is 5.11 Å². The van der Waals surface area contributed by atoms with E-state index in [1.165, 1.54) is 0 Å². The average molecular weight is 237 g/mol. The smallest absolute Gasteiger partial charge is 0.360 e. The monoisotopic (exact) mass is 237 g/mol. The van der Waals surface area contributed by atoms with Gasteiger partial charge in [-0.2, -0.15) is 0 Å². The number of alkyl halides is 1. The van der Waals surface area contributed by atoms with Crippen LogP contribution in [0.3, 0.4) is 0 Å². The van der Waals surface area contributed by atoms with Gasteiger partial charge >= 0.3 is 5.97 Å². The van der Waals surface area contributed by atoms with E-state index in [0.717, 1.165) is 0 Å². The van der Waals surface area contributed by atoms with Gasteiger partial charge in [0, 0.05) is 0 Å². The Bertz CT molecular complexity index is 498. The predicted octanol–water partition coefficient (Wildman–Crippen LogP) is 1.69. The van der Waals surface area contributed by atoms with Gasteiger partial charge in [-0.15, -0.1) is 0 Å². The van der Waals surface area contributed by atoms with Crippen molar-refractivity contribution >= 4 is 17.6 Å². The molecule has 1 amide bonds. The van der Waals surface area contributed by atoms with Gasteiger partial charge in [0.1, 0.15) is 0 Å². The summed E-state index contributed by atoms with van der Waals surface area (Å²) < 4.78 is 13.6. The molecule has 4 nitrogen and oxygen atoms in total. The Labute approximate surface area is 97.7 Å². The first kappa shape index (κ1) is 11.6. The van der Waals surface area contributed by atoms with Gasteiger partial charge in [-0.25, -0.2) is 9.18 Å². The number of para-hydroxylation sites is 1. The maximum absolute atomic E-state index is 13.6. The molecule has 90 valence electrons. The van der Waals surface area contributed by atoms with Crippen molar-refractivity contribution in [2.24, 2.45) is 0 Å². The second-order valence-corrected chi connectivity index (χ2v) is 4.49. The molecule has 1 aromatic rings. The zero-order chi connectivity index (χ0) is 12.8. The molecule has 2 rings (SSSR count). The Kier molecular flexibility index (Phi) is 2.41. The minimum absolute atomic E-state index is 0.331. The van der Waals surface area contributed by atoms with Crippen LogP contribution in [0.2, 0.25) is 0 Å². The summed E-state index contributed by atoms with van der Waals surface area (Å²) in [6.45, 7) is 3.31. The molecule has 0 saturated heterocycles. The molecule has 1 heterocycles. The van der Waals surface area contributed by atoms with E-state index >= 15 is 0 Å². The van der Waals surface area contributed by atoms with Crippen molar-refractivity contribution in [1.29, 1.82) is 0 Å². The molecule has 1 atom stereocenters. The minimum atomic E-state index is -2.34. The lowest BCUT2D eigenvalue weighted by molar-refractivity contribution is -0.144. The first-order valence-corrected chi connectivity index (χ1v) is 5.17. The van der Waals surface area contributed by atoms with E-state index < -0.39 is 23.6 Å². The quantitative estimate of drug-likeness (QED) is 0.796. The normalized spacial score (nSPS) is 19.0. The number of carbonyl (C=O) groups is 2. The summed E-state index contributed by atoms with van der Waals surface area (Å²) in [4.78, 5) is 23.4. The highest BCUT2D eigenvalue weighted by molar-refractivity contribution is 6.10. The number of aliphatic carboxylic acids is 1. The molecule has 0 aromatic heterocycles. The van der Waals surface area contributed by atoms with Gasteiger partial charge in [-0.3, -0.25) is 9.69 Å². The zero-order valence-corrected chi connectivity index (χ0v) is 9.48. The third kappa shape index (κ3) is 1.50. The van der Waals surface area contributed by atoms with Crippen molar-refractivity contribution in [3.8, 4) is 0 Å². The Balaban J connectivity index is 2.58. The second-order valence-electron chi connectivity index (χ2n) is 4.49. The summed E-state index contributed by atoms with van der Waals surface area (Å²) in [5, 5.41) is 8.69. The number of carbonyl (C=O) groups excluding carboxylic acids is 1. The molecule has 0 saturated carbocycles. The summed E-state index contributed by atoms with van der Waals surface area (Å²) in [5.74, 6) is -2.19. The molecule has 5 heteroatoms. The van der Waals surface area contributed by atoms with Crippen molar-refractivity contribution in [2.75, 3.05) is 4.90 Å². The van der Waals surface area contributed by atoms with Crippen LogP contribution in [-0.2, 0) is 15.0 Å². The first-order chi connectivity index (χ1) is 7.87. The van der Waals surface area contributed by atoms with E-state index in [2.05, 4.69) is 0 Å². The number of hydrogen-bond donors (Lipinski definition) is 1. The van der Waals surface area contributed by atoms with Crippen LogP contribution < -0.4 is 4.90 Å². The number of carboxylic acid groups (broad SMARTS) is 1. The number of amides is 1. The lowest BCUT2D eigenvalue weighted by atomic mass is 9.86. The predicted molar refractivity (Wildman–Crippen MR) is 59.5 cm³/mol. The summed E-state index contributed by atoms with van der Waals surface area (Å²) in [5.41, 5.74) is 0.0856. The van der Waals surface area contributed by atoms with Crippen LogP contribution in [0.25, 0.3) is 0 Å². The number of anilines is 1. The zero-order valence-electron chi connectivity index (χ0n) is 9.48. The van der Waals surface area contributed by atoms with Crippen LogP contribution >= 0.6 is 0 Å². The number of halogens is 1. The summed E-state index contributed by atoms with van der Waals surface area (Å²) in [6, 6.07) is 6.65. The van der Waals surface area contributed by atoms with Crippen LogP contribution in [-0.4, -0.2) is 23.3 Å². The van der Waals surface area contributed by atoms with Crippen molar-refractivity contribution in [1.82, 2.24) is 0 Å². The number of carboxylic acids is 1. The molecule has 1 unspecified atom stereocenters. The van der Waals surface area contributed by atoms with E-state index in [9.17, 15) is 14.0 Å². The Hall–Kier alpha value is -1.91. The Morgan fingerprint density at radius 1 is 1.41 bits per heavy atom. The third-order valence-corrected chi connectivity index (χ3v) is 3.02. The number of nitrogens with zero attached hydrogens (tertiary/aromatic N) is 1. The first-order valence-electron chi connectivity index (χ1n) is 5.17. The lowest BCUT2D eigenvalue weighted by Gasteiger charge is -2.21. The molecular weight excluding hydrogens is 225 g/mol. The van der Waals surface area contributed by atoms with E-state index in [0.29, 0.717) is 16.2 Å². The van der Waals surface area contributed by atoms with Crippen LogP contribution in [0.4, 0.5) is 10.1 Å². The molecule has 1 aliphatic rings. The molecule has 1 aromatic carbocycles. The van der Waals surface area contributed by atoms with Gasteiger partial charge in [-0.05, 0) is 25.5 Å². The van der Waals surface area contributed by atoms with Gasteiger partial charge in [0.05, 0.1) is 11.1 Å². The summed E-state index contributed by atoms with van der Waals surface area (Å²) in [6.07, 6.45) is -2.34. The van der Waals surface area contributed by atoms with E-state index in [1.807, 2.05) is 0 Å². The van der Waals surface area contributed by atoms with E-state index in [1.54, 1.807) is 38.1 Å². The van der Waals surface area contributed by atoms with Crippen LogP contribution in [0, 0.1) is 0 Å². The van der Waals surface area contributed by atoms with Gasteiger partial charge in [0.15, 0.2) is 0 Å². The van der Waals surface area contributed by atoms with Gasteiger partial charge in [0.2, 0.25) is 5.91 Å². The SMILES string of the molecule is CC1(C)C(=O)N(C(F)C(=O)O)c2ccccc21. The summed E-state index contributed by atoms with van der Waals surface area (Å²) >= 11 is 0. The average Bonchev–Trinajstić information content (AvgIpc) is 2.48. The van der Waals surface area contributed by atoms with Gasteiger partial charge < -0.3 is 5.11 Å². The molecular formula is C12H12FNO3. The molecule has 1 aliphatic heterocycles. The Morgan fingerprint density at radius 2 is 2.00 bits per heavy atom. The minimum Gasteiger partial charge on any atom is -0.478 e. The number of hydrogen-bond acceptors (Lipinski definition) is 2. The fourth-order valence-corrected chi connectivity index (χ4v) is 2.07. The second kappa shape index (κ2) is 3.55. The molecule has 17 heavy (non-hydrogen) atoms. The largest absolute Gasteiger partial charge is 0.478 e. The fraction of sp³-hybridized carbons (Fsp3) is 0.333. The highest BCUT2D eigenvalue weighted by Gasteiger charge is 2.48. The van der Waals surface area contributed by atoms with Crippen molar-refractivity contribution < 1.29 is 19.1 Å². The van der Waals surface area contributed by atoms with Crippen molar-refractivity contribution in [2.45, 2.75) is 25.6 Å². The number of benzene rings is 1. The fourth-order valence-electron chi connectivity index (χ4n) is 2.07. The van der Waals surface area contributed by atoms with Gasteiger partial charge in [-0.1, -0.05) is 18.2 Å². The van der Waals surface area contributed by atoms with E-state index in [-0.39, 0.29) is 0 Å². The topological polar surface area (TPSA) is 57.6 Å². The van der Waals surface area contributed by atoms with Crippen LogP contribution in [0.1, 0.15) is 19.4 Å². The number of rotatable bonds is 2. The maximum Gasteiger partial charge on any atom is 0.360 e. The Morgan fingerprint density at radius 3 is 2.59 bits per heavy atom. The van der Waals surface area contributed by atoms with Gasteiger partial charge in [0.25, 0.3) is 6.30 Å². The van der Waals surface area contributed by atoms with Crippen molar-refractivity contribution in [3.05, 3.63) is 29.8 Å². The van der Waals surface area contributed by atoms with Crippen LogP contribution in [0.5, 0.6) is 0 Å². The highest BCUT2D eigenvalue weighted by atomic mass is 19.1. The van der Waals surface area contributed by atoms with Crippen molar-refractivity contribution in [3.63, 3.8) is 0 Å². The molecule has 0 radical (unpaired) electrons. The lowest BCUT2D eigenvalue weighted by Crippen LogP contribution is -2.44. The van der Waals surface area contributed by atoms with Crippen LogP contribution in [0.15, 0.2) is 24.3 Å². The maximum atomic E-state index is 13.6. The molecule has 1 N–H and O–H groups in total. The molecule has 0 spiro atoms.